The SMILES string of the molecule is COc1ccc(NS(=O)(=O)c2cc(NC(=O)Cc3ccc(-n4cnnn4)cc3)ccc2C)cc1. The molecule has 0 unspecified atom stereocenters. The molecular formula is C23H22N6O4S. The van der Waals surface area contributed by atoms with Crippen molar-refractivity contribution in [3.63, 3.8) is 0 Å². The Balaban J connectivity index is 1.45. The average Bonchev–Trinajstić information content (AvgIpc) is 3.36. The van der Waals surface area contributed by atoms with Crippen LogP contribution < -0.4 is 14.8 Å². The maximum Gasteiger partial charge on any atom is 0.262 e. The molecule has 0 fully saturated rings. The van der Waals surface area contributed by atoms with Crippen molar-refractivity contribution in [2.45, 2.75) is 18.2 Å². The molecular weight excluding hydrogens is 456 g/mol. The lowest BCUT2D eigenvalue weighted by Crippen LogP contribution is -2.17. The van der Waals surface area contributed by atoms with E-state index in [2.05, 4.69) is 25.6 Å². The van der Waals surface area contributed by atoms with Crippen LogP contribution in [0, 0.1) is 6.92 Å². The first kappa shape index (κ1) is 22.9. The minimum Gasteiger partial charge on any atom is -0.497 e. The van der Waals surface area contributed by atoms with Crippen molar-refractivity contribution in [2.75, 3.05) is 17.1 Å². The number of carbonyl (C=O) groups excluding carboxylic acids is 1. The Labute approximate surface area is 196 Å². The van der Waals surface area contributed by atoms with Gasteiger partial charge in [-0.05, 0) is 77.0 Å². The van der Waals surface area contributed by atoms with E-state index in [0.717, 1.165) is 11.3 Å². The molecule has 0 spiro atoms. The predicted octanol–water partition coefficient (Wildman–Crippen LogP) is 2.96. The normalized spacial score (nSPS) is 11.1. The molecule has 174 valence electrons. The van der Waals surface area contributed by atoms with E-state index >= 15 is 0 Å². The van der Waals surface area contributed by atoms with Gasteiger partial charge < -0.3 is 10.1 Å². The molecule has 0 aliphatic rings. The van der Waals surface area contributed by atoms with Gasteiger partial charge in [0.1, 0.15) is 12.1 Å². The summed E-state index contributed by atoms with van der Waals surface area (Å²) in [7, 11) is -2.33. The fourth-order valence-corrected chi connectivity index (χ4v) is 4.60. The number of rotatable bonds is 8. The number of hydrogen-bond donors (Lipinski definition) is 2. The second kappa shape index (κ2) is 9.71. The van der Waals surface area contributed by atoms with Crippen LogP contribution in [0.25, 0.3) is 5.69 Å². The summed E-state index contributed by atoms with van der Waals surface area (Å²) in [6.07, 6.45) is 1.60. The standard InChI is InChI=1S/C23H22N6O4S/c1-16-3-6-19(14-22(16)34(31,32)26-18-7-11-21(33-2)12-8-18)25-23(30)13-17-4-9-20(10-5-17)29-15-24-27-28-29/h3-12,14-15,26H,13H2,1-2H3,(H,25,30). The van der Waals surface area contributed by atoms with Crippen molar-refractivity contribution in [2.24, 2.45) is 0 Å². The summed E-state index contributed by atoms with van der Waals surface area (Å²) in [6.45, 7) is 1.69. The van der Waals surface area contributed by atoms with Crippen LogP contribution in [0.1, 0.15) is 11.1 Å². The summed E-state index contributed by atoms with van der Waals surface area (Å²) in [5.41, 5.74) is 2.90. The highest BCUT2D eigenvalue weighted by molar-refractivity contribution is 7.92. The lowest BCUT2D eigenvalue weighted by atomic mass is 10.1. The molecule has 4 rings (SSSR count). The van der Waals surface area contributed by atoms with Crippen LogP contribution in [0.5, 0.6) is 5.75 Å². The molecule has 0 radical (unpaired) electrons. The third-order valence-electron chi connectivity index (χ3n) is 5.02. The Hall–Kier alpha value is -4.25. The lowest BCUT2D eigenvalue weighted by Gasteiger charge is -2.13. The number of sulfonamides is 1. The fourth-order valence-electron chi connectivity index (χ4n) is 3.27. The summed E-state index contributed by atoms with van der Waals surface area (Å²) in [5.74, 6) is 0.347. The van der Waals surface area contributed by atoms with Gasteiger partial charge in [0.25, 0.3) is 10.0 Å². The number of nitrogens with zero attached hydrogens (tertiary/aromatic N) is 4. The Morgan fingerprint density at radius 3 is 2.35 bits per heavy atom. The van der Waals surface area contributed by atoms with Crippen molar-refractivity contribution in [1.82, 2.24) is 20.2 Å². The number of aromatic nitrogens is 4. The number of methoxy groups -OCH3 is 1. The second-order valence-corrected chi connectivity index (χ2v) is 9.11. The molecule has 4 aromatic rings. The number of anilines is 2. The van der Waals surface area contributed by atoms with E-state index < -0.39 is 10.0 Å². The van der Waals surface area contributed by atoms with Gasteiger partial charge in [-0.15, -0.1) is 5.10 Å². The summed E-state index contributed by atoms with van der Waals surface area (Å²) >= 11 is 0. The number of nitrogens with one attached hydrogen (secondary N) is 2. The highest BCUT2D eigenvalue weighted by atomic mass is 32.2. The molecule has 11 heteroatoms. The van der Waals surface area contributed by atoms with Gasteiger partial charge in [-0.1, -0.05) is 18.2 Å². The molecule has 34 heavy (non-hydrogen) atoms. The second-order valence-electron chi connectivity index (χ2n) is 7.46. The molecule has 0 bridgehead atoms. The summed E-state index contributed by atoms with van der Waals surface area (Å²) < 4.78 is 35.1. The Kier molecular flexibility index (Phi) is 6.55. The summed E-state index contributed by atoms with van der Waals surface area (Å²) in [6, 6.07) is 18.5. The average molecular weight is 479 g/mol. The smallest absolute Gasteiger partial charge is 0.262 e. The highest BCUT2D eigenvalue weighted by Crippen LogP contribution is 2.24. The minimum absolute atomic E-state index is 0.0758. The number of amides is 1. The Morgan fingerprint density at radius 2 is 1.71 bits per heavy atom. The Morgan fingerprint density at radius 1 is 1.00 bits per heavy atom. The van der Waals surface area contributed by atoms with E-state index in [1.54, 1.807) is 67.6 Å². The molecule has 3 aromatic carbocycles. The quantitative estimate of drug-likeness (QED) is 0.398. The zero-order valence-electron chi connectivity index (χ0n) is 18.5. The van der Waals surface area contributed by atoms with Crippen molar-refractivity contribution in [1.29, 1.82) is 0 Å². The van der Waals surface area contributed by atoms with Crippen LogP contribution >= 0.6 is 0 Å². The van der Waals surface area contributed by atoms with Crippen LogP contribution in [-0.2, 0) is 21.2 Å². The van der Waals surface area contributed by atoms with Crippen molar-refractivity contribution in [3.8, 4) is 11.4 Å². The number of benzene rings is 3. The molecule has 1 amide bonds. The van der Waals surface area contributed by atoms with Crippen molar-refractivity contribution >= 4 is 27.3 Å². The third-order valence-corrected chi connectivity index (χ3v) is 6.54. The summed E-state index contributed by atoms with van der Waals surface area (Å²) in [5, 5.41) is 13.8. The van der Waals surface area contributed by atoms with Gasteiger partial charge in [0.2, 0.25) is 5.91 Å². The first-order valence-corrected chi connectivity index (χ1v) is 11.7. The lowest BCUT2D eigenvalue weighted by molar-refractivity contribution is -0.115. The maximum atomic E-state index is 13.0. The van der Waals surface area contributed by atoms with E-state index in [1.165, 1.54) is 24.2 Å². The molecule has 0 atom stereocenters. The molecule has 2 N–H and O–H groups in total. The zero-order chi connectivity index (χ0) is 24.1. The number of hydrogen-bond acceptors (Lipinski definition) is 7. The van der Waals surface area contributed by atoms with Gasteiger partial charge in [-0.3, -0.25) is 9.52 Å². The van der Waals surface area contributed by atoms with Gasteiger partial charge in [0, 0.05) is 11.4 Å². The molecule has 0 saturated carbocycles. The van der Waals surface area contributed by atoms with E-state index in [0.29, 0.717) is 22.7 Å². The molecule has 0 saturated heterocycles. The van der Waals surface area contributed by atoms with Gasteiger partial charge in [-0.25, -0.2) is 13.1 Å². The minimum atomic E-state index is -3.87. The number of carbonyl (C=O) groups is 1. The van der Waals surface area contributed by atoms with Crippen molar-refractivity contribution in [3.05, 3.63) is 84.2 Å². The number of tetrazole rings is 1. The molecule has 0 aliphatic heterocycles. The first-order valence-electron chi connectivity index (χ1n) is 10.2. The largest absolute Gasteiger partial charge is 0.497 e. The molecule has 1 heterocycles. The van der Waals surface area contributed by atoms with Gasteiger partial charge in [0.05, 0.1) is 24.1 Å². The first-order chi connectivity index (χ1) is 16.3. The van der Waals surface area contributed by atoms with Gasteiger partial charge in [0.15, 0.2) is 0 Å². The van der Waals surface area contributed by atoms with Crippen LogP contribution in [0.3, 0.4) is 0 Å². The van der Waals surface area contributed by atoms with Crippen LogP contribution in [0.4, 0.5) is 11.4 Å². The van der Waals surface area contributed by atoms with E-state index in [4.69, 9.17) is 4.74 Å². The Bertz CT molecular complexity index is 1390. The molecule has 10 nitrogen and oxygen atoms in total. The van der Waals surface area contributed by atoms with Crippen molar-refractivity contribution < 1.29 is 17.9 Å². The van der Waals surface area contributed by atoms with E-state index in [1.807, 2.05) is 0 Å². The fraction of sp³-hybridized carbons (Fsp3) is 0.130. The zero-order valence-corrected chi connectivity index (χ0v) is 19.3. The maximum absolute atomic E-state index is 13.0. The van der Waals surface area contributed by atoms with Gasteiger partial charge >= 0.3 is 0 Å². The number of aryl methyl sites for hydroxylation is 1. The van der Waals surface area contributed by atoms with Crippen LogP contribution in [0.15, 0.2) is 78.0 Å². The van der Waals surface area contributed by atoms with Crippen LogP contribution in [0.2, 0.25) is 0 Å². The topological polar surface area (TPSA) is 128 Å². The predicted molar refractivity (Wildman–Crippen MR) is 126 cm³/mol. The highest BCUT2D eigenvalue weighted by Gasteiger charge is 2.18. The number of ether oxygens (including phenoxy) is 1. The van der Waals surface area contributed by atoms with E-state index in [-0.39, 0.29) is 17.2 Å². The third kappa shape index (κ3) is 5.38. The van der Waals surface area contributed by atoms with Gasteiger partial charge in [-0.2, -0.15) is 0 Å². The van der Waals surface area contributed by atoms with E-state index in [9.17, 15) is 13.2 Å². The molecule has 1 aromatic heterocycles. The monoisotopic (exact) mass is 478 g/mol. The van der Waals surface area contributed by atoms with Crippen LogP contribution in [-0.4, -0.2) is 41.6 Å². The summed E-state index contributed by atoms with van der Waals surface area (Å²) in [4.78, 5) is 12.6. The molecule has 0 aliphatic carbocycles.